The minimum Gasteiger partial charge on any atom is -0.756 e. The summed E-state index contributed by atoms with van der Waals surface area (Å²) in [6, 6.07) is 1.75. The van der Waals surface area contributed by atoms with Gasteiger partial charge in [-0.15, -0.1) is 0 Å². The van der Waals surface area contributed by atoms with E-state index in [9.17, 15) is 58.3 Å². The molecule has 6 aliphatic heterocycles. The van der Waals surface area contributed by atoms with Gasteiger partial charge in [-0.2, -0.15) is 5.70 Å². The molecule has 0 aliphatic carbocycles. The molecule has 1 aromatic carbocycles. The molecule has 2 saturated heterocycles. The summed E-state index contributed by atoms with van der Waals surface area (Å²) in [6.45, 7) is 15.2. The van der Waals surface area contributed by atoms with Gasteiger partial charge in [0.05, 0.1) is 36.5 Å². The van der Waals surface area contributed by atoms with Crippen molar-refractivity contribution in [1.82, 2.24) is 14.9 Å². The van der Waals surface area contributed by atoms with Crippen LogP contribution in [0.4, 0.5) is 0 Å². The van der Waals surface area contributed by atoms with E-state index in [1.54, 1.807) is 13.8 Å². The number of carboxylic acid groups (broad SMARTS) is 1. The Morgan fingerprint density at radius 3 is 2.10 bits per heavy atom. The third-order valence-electron chi connectivity index (χ3n) is 19.4. The molecule has 28 nitrogen and oxygen atoms in total. The van der Waals surface area contributed by atoms with E-state index in [4.69, 9.17) is 62.7 Å². The number of ether oxygens (including phenoxy) is 1. The molecule has 0 saturated carbocycles. The number of rotatable bonds is 27. The molecule has 91 heavy (non-hydrogen) atoms. The van der Waals surface area contributed by atoms with Crippen LogP contribution < -0.4 is 38.9 Å². The second kappa shape index (κ2) is 28.8. The van der Waals surface area contributed by atoms with Gasteiger partial charge >= 0.3 is 5.97 Å². The predicted molar refractivity (Wildman–Crippen MR) is 329 cm³/mol. The van der Waals surface area contributed by atoms with Crippen LogP contribution >= 0.6 is 7.82 Å². The second-order valence-electron chi connectivity index (χ2n) is 26.0. The fourth-order valence-corrected chi connectivity index (χ4v) is 15.8. The summed E-state index contributed by atoms with van der Waals surface area (Å²) in [4.78, 5) is 126. The summed E-state index contributed by atoms with van der Waals surface area (Å²) in [5.74, 6) is -8.44. The van der Waals surface area contributed by atoms with Crippen LogP contribution in [0.15, 0.2) is 67.8 Å². The van der Waals surface area contributed by atoms with Crippen molar-refractivity contribution >= 4 is 77.4 Å². The molecular weight excluding hydrogens is 1250 g/mol. The van der Waals surface area contributed by atoms with Gasteiger partial charge in [-0.3, -0.25) is 53.1 Å². The minimum atomic E-state index is -5.31. The van der Waals surface area contributed by atoms with Crippen molar-refractivity contribution < 1.29 is 94.4 Å². The zero-order valence-electron chi connectivity index (χ0n) is 52.7. The number of aliphatic imine (C=N–C) groups is 3. The maximum Gasteiger partial charge on any atom is 0.304 e. The molecule has 6 amide bonds. The number of benzene rings is 1. The quantitative estimate of drug-likeness (QED) is 0.0581. The molecular formula is C61H87CoN12O16P-2. The van der Waals surface area contributed by atoms with E-state index in [0.717, 1.165) is 11.1 Å². The molecule has 8 bridgehead atoms. The summed E-state index contributed by atoms with van der Waals surface area (Å²) < 4.78 is 31.8. The first-order chi connectivity index (χ1) is 41.6. The van der Waals surface area contributed by atoms with Crippen LogP contribution in [-0.4, -0.2) is 139 Å². The Bertz CT molecular complexity index is 3450. The number of carbonyl (C=O) groups is 7. The number of carbonyl (C=O) groups excluding carboxylic acids is 6. The van der Waals surface area contributed by atoms with E-state index in [1.165, 1.54) is 17.8 Å². The van der Waals surface area contributed by atoms with Crippen LogP contribution in [0.1, 0.15) is 143 Å². The number of nitrogens with zero attached hydrogens (tertiary/aromatic N) is 6. The first-order valence-electron chi connectivity index (χ1n) is 30.2. The SMILES string of the molecule is C/C1=C2/[N-]C(C(CC(N)=O)C2CCC(N)=O)C2N=C(/C(C)=C3N=C(/C=C4N=C1C(C)(CC(=O)O)C\4CCCC(N)=O)C(C)(C)[C@H]\3CCC(N)=O)C(C)(CCC(=O)NCC(C)OP(=O)([O-])O[C@@H]1C(CO)OC(n3cnc4cc(C)c(C)cc43)C1O)[C@H]2CC(N)=O.O.[Co]. The number of carboxylic acids is 1. The summed E-state index contributed by atoms with van der Waals surface area (Å²) in [7, 11) is -5.31. The summed E-state index contributed by atoms with van der Waals surface area (Å²) in [6.07, 6.45) is -4.30. The Balaban J connectivity index is 0.00000658. The van der Waals surface area contributed by atoms with Crippen molar-refractivity contribution in [2.45, 2.75) is 182 Å². The van der Waals surface area contributed by atoms with Crippen molar-refractivity contribution in [3.63, 3.8) is 0 Å². The monoisotopic (exact) mass is 1330 g/mol. The number of aliphatic hydroxyl groups excluding tert-OH is 2. The number of allylic oxidation sites excluding steroid dienone is 6. The molecule has 7 heterocycles. The first-order valence-corrected chi connectivity index (χ1v) is 31.7. The predicted octanol–water partition coefficient (Wildman–Crippen LogP) is 2.70. The van der Waals surface area contributed by atoms with Crippen LogP contribution in [0.25, 0.3) is 16.4 Å². The fraction of sp³-hybridized carbons (Fsp3) is 0.623. The summed E-state index contributed by atoms with van der Waals surface area (Å²) >= 11 is 0. The number of primary amides is 5. The van der Waals surface area contributed by atoms with Crippen molar-refractivity contribution in [2.75, 3.05) is 13.2 Å². The van der Waals surface area contributed by atoms with Gasteiger partial charge in [0.1, 0.15) is 18.3 Å². The van der Waals surface area contributed by atoms with Crippen LogP contribution in [-0.2, 0) is 68.7 Å². The Morgan fingerprint density at radius 2 is 1.48 bits per heavy atom. The Hall–Kier alpha value is -6.53. The molecule has 2 aromatic rings. The van der Waals surface area contributed by atoms with Crippen molar-refractivity contribution in [1.29, 1.82) is 0 Å². The maximum absolute atomic E-state index is 14.2. The standard InChI is InChI=1S/C61H87N12O15P.Co.H2O/c1-28-19-39-40(20-29(28)2)73(27-68-39)58-54(83)55(41(26-74)86-58)88-89(84,85)87-30(3)25-67-48(80)17-18-60(8)37(22-47(66)79)53-52-34(21-46(65)78)33(13-15-44(63)76)50(71-52)31(4)57-61(9,24-49(81)82)35(11-10-12-43(62)75)38(69-57)23-42-59(6,7)36(14-16-45(64)77)51(70-42)32(5)56(60)72-53;;/h19-20,23,27,30,33-37,41,52-55,58,74,83H,10-18,21-22,24-26H2,1-9H3,(H14,62,63,64,65,66,67,69,70,71,72,75,76,77,78,79,80,81,82,84,85);;1H2/p-2/t30?,33?,34?,35?,36-,37-,41?,52?,53?,54?,55+,58?,60?,61?;;/m0../s1. The molecule has 15 atom stereocenters. The fourth-order valence-electron chi connectivity index (χ4n) is 14.7. The first kappa shape index (κ1) is 73.5. The molecule has 0 spiro atoms. The van der Waals surface area contributed by atoms with Gasteiger partial charge in [0, 0.05) is 125 Å². The molecule has 12 unspecified atom stereocenters. The Labute approximate surface area is 538 Å². The van der Waals surface area contributed by atoms with E-state index in [0.29, 0.717) is 56.4 Å². The number of aromatic nitrogens is 2. The van der Waals surface area contributed by atoms with E-state index in [2.05, 4.69) is 10.3 Å². The molecule has 2 fully saturated rings. The van der Waals surface area contributed by atoms with Gasteiger partial charge < -0.3 is 83.3 Å². The molecule has 8 rings (SSSR count). The van der Waals surface area contributed by atoms with Crippen LogP contribution in [0.2, 0.25) is 0 Å². The number of phosphoric acid groups is 1. The minimum absolute atomic E-state index is 0. The zero-order chi connectivity index (χ0) is 65.6. The topological polar surface area (TPSA) is 491 Å². The van der Waals surface area contributed by atoms with Crippen molar-refractivity contribution in [2.24, 2.45) is 89.5 Å². The zero-order valence-corrected chi connectivity index (χ0v) is 54.7. The van der Waals surface area contributed by atoms with Gasteiger partial charge in [0.2, 0.25) is 35.4 Å². The average molecular weight is 1330 g/mol. The number of aliphatic hydroxyl groups is 2. The maximum atomic E-state index is 14.2. The molecule has 16 N–H and O–H groups in total. The number of fused-ring (bicyclic) bond motifs is 7. The van der Waals surface area contributed by atoms with E-state index in [-0.39, 0.29) is 99.4 Å². The number of nitrogens with one attached hydrogen (secondary N) is 1. The number of phosphoric ester groups is 1. The van der Waals surface area contributed by atoms with Crippen LogP contribution in [0.3, 0.4) is 0 Å². The second-order valence-corrected chi connectivity index (χ2v) is 27.3. The number of hydrogen-bond donors (Lipinski definition) is 9. The summed E-state index contributed by atoms with van der Waals surface area (Å²) in [5, 5.41) is 40.5. The molecule has 1 radical (unpaired) electrons. The third-order valence-corrected chi connectivity index (χ3v) is 20.5. The van der Waals surface area contributed by atoms with E-state index in [1.807, 2.05) is 59.8 Å². The summed E-state index contributed by atoms with van der Waals surface area (Å²) in [5.41, 5.74) is 33.0. The molecule has 6 aliphatic rings. The number of amides is 6. The Morgan fingerprint density at radius 1 is 0.846 bits per heavy atom. The number of imidazole rings is 1. The molecule has 30 heteroatoms. The average Bonchev–Trinajstić information content (AvgIpc) is 1.57. The smallest absolute Gasteiger partial charge is 0.304 e. The number of aryl methyl sites for hydroxylation is 2. The van der Waals surface area contributed by atoms with Gasteiger partial charge in [-0.05, 0) is 125 Å². The number of nitrogens with two attached hydrogens (primary N) is 5. The molecule has 1 aromatic heterocycles. The third kappa shape index (κ3) is 15.3. The van der Waals surface area contributed by atoms with E-state index < -0.39 is 151 Å². The largest absolute Gasteiger partial charge is 0.756 e. The van der Waals surface area contributed by atoms with Gasteiger partial charge in [0.25, 0.3) is 7.82 Å². The number of hydrogen-bond acceptors (Lipinski definition) is 18. The van der Waals surface area contributed by atoms with Crippen LogP contribution in [0, 0.1) is 59.7 Å². The van der Waals surface area contributed by atoms with Crippen molar-refractivity contribution in [3.05, 3.63) is 69.2 Å². The van der Waals surface area contributed by atoms with Gasteiger partial charge in [-0.25, -0.2) is 4.98 Å². The van der Waals surface area contributed by atoms with Gasteiger partial charge in [0.15, 0.2) is 6.23 Å². The van der Waals surface area contributed by atoms with Gasteiger partial charge in [-0.1, -0.05) is 33.7 Å². The van der Waals surface area contributed by atoms with E-state index >= 15 is 0 Å². The van der Waals surface area contributed by atoms with Crippen LogP contribution in [0.5, 0.6) is 0 Å². The van der Waals surface area contributed by atoms with Crippen molar-refractivity contribution in [3.8, 4) is 0 Å². The normalized spacial score (nSPS) is 32.1. The molecule has 503 valence electrons. The number of aliphatic carboxylic acids is 1. The Kier molecular flexibility index (Phi) is 23.2.